The lowest BCUT2D eigenvalue weighted by atomic mass is 10.00. The zero-order valence-corrected chi connectivity index (χ0v) is 19.6. The third-order valence-corrected chi connectivity index (χ3v) is 6.85. The maximum Gasteiger partial charge on any atom is 0.0730 e. The fraction of sp³-hybridized carbons (Fsp3) is 0.0303. The van der Waals surface area contributed by atoms with E-state index in [1.807, 2.05) is 6.07 Å². The summed E-state index contributed by atoms with van der Waals surface area (Å²) in [6.07, 6.45) is 4.31. The standard InChI is InChI=1S/C33H23N3/c1-2-6-22(7-3-1)26-13-11-23-15-17-29(35-31(23)20-26)27-14-12-24-16-18-30(36-32(24)21-27)28-10-4-8-25-9-5-19-34-33(25)28/h1-18,20-21,34H,19H2. The Balaban J connectivity index is 1.31. The molecular formula is C33H23N3. The Morgan fingerprint density at radius 3 is 2.08 bits per heavy atom. The van der Waals surface area contributed by atoms with Gasteiger partial charge in [-0.1, -0.05) is 97.1 Å². The van der Waals surface area contributed by atoms with Crippen molar-refractivity contribution >= 4 is 33.6 Å². The van der Waals surface area contributed by atoms with E-state index in [2.05, 4.69) is 121 Å². The van der Waals surface area contributed by atoms with E-state index >= 15 is 0 Å². The molecule has 36 heavy (non-hydrogen) atoms. The van der Waals surface area contributed by atoms with Crippen LogP contribution in [-0.2, 0) is 0 Å². The Morgan fingerprint density at radius 2 is 1.25 bits per heavy atom. The maximum absolute atomic E-state index is 5.06. The highest BCUT2D eigenvalue weighted by atomic mass is 14.9. The van der Waals surface area contributed by atoms with Gasteiger partial charge in [0.15, 0.2) is 0 Å². The number of rotatable bonds is 3. The van der Waals surface area contributed by atoms with Crippen molar-refractivity contribution in [2.45, 2.75) is 0 Å². The van der Waals surface area contributed by atoms with Gasteiger partial charge in [-0.2, -0.15) is 0 Å². The van der Waals surface area contributed by atoms with Crippen molar-refractivity contribution in [3.8, 4) is 33.6 Å². The Morgan fingerprint density at radius 1 is 0.556 bits per heavy atom. The van der Waals surface area contributed by atoms with Crippen molar-refractivity contribution < 1.29 is 0 Å². The van der Waals surface area contributed by atoms with Crippen LogP contribution >= 0.6 is 0 Å². The van der Waals surface area contributed by atoms with Crippen LogP contribution in [0, 0.1) is 0 Å². The van der Waals surface area contributed by atoms with Gasteiger partial charge in [0.05, 0.1) is 28.1 Å². The first-order valence-electron chi connectivity index (χ1n) is 12.2. The topological polar surface area (TPSA) is 37.8 Å². The van der Waals surface area contributed by atoms with E-state index in [1.54, 1.807) is 0 Å². The lowest BCUT2D eigenvalue weighted by Crippen LogP contribution is -2.06. The van der Waals surface area contributed by atoms with Gasteiger partial charge >= 0.3 is 0 Å². The minimum Gasteiger partial charge on any atom is -0.381 e. The van der Waals surface area contributed by atoms with E-state index < -0.39 is 0 Å². The van der Waals surface area contributed by atoms with E-state index in [4.69, 9.17) is 9.97 Å². The number of fused-ring (bicyclic) bond motifs is 3. The van der Waals surface area contributed by atoms with Crippen molar-refractivity contribution in [2.75, 3.05) is 11.9 Å². The van der Waals surface area contributed by atoms with E-state index in [0.717, 1.165) is 56.6 Å². The molecule has 4 aromatic carbocycles. The molecule has 0 fully saturated rings. The summed E-state index contributed by atoms with van der Waals surface area (Å²) in [5.41, 5.74) is 10.8. The highest BCUT2D eigenvalue weighted by Gasteiger charge is 2.13. The minimum absolute atomic E-state index is 0.835. The van der Waals surface area contributed by atoms with Crippen LogP contribution in [0.25, 0.3) is 61.5 Å². The average Bonchev–Trinajstić information content (AvgIpc) is 2.96. The molecule has 2 aromatic heterocycles. The molecule has 0 unspecified atom stereocenters. The molecule has 0 radical (unpaired) electrons. The highest BCUT2D eigenvalue weighted by molar-refractivity contribution is 5.91. The zero-order valence-electron chi connectivity index (χ0n) is 19.6. The van der Waals surface area contributed by atoms with Crippen LogP contribution in [0.1, 0.15) is 5.56 Å². The van der Waals surface area contributed by atoms with Gasteiger partial charge in [-0.05, 0) is 41.0 Å². The van der Waals surface area contributed by atoms with Crippen LogP contribution in [0.15, 0.2) is 115 Å². The molecule has 0 saturated heterocycles. The molecule has 0 spiro atoms. The Kier molecular flexibility index (Phi) is 4.85. The summed E-state index contributed by atoms with van der Waals surface area (Å²) in [5.74, 6) is 0. The van der Waals surface area contributed by atoms with Gasteiger partial charge in [-0.25, -0.2) is 9.97 Å². The van der Waals surface area contributed by atoms with Gasteiger partial charge in [0.2, 0.25) is 0 Å². The first-order chi connectivity index (χ1) is 17.8. The molecule has 0 amide bonds. The molecule has 0 bridgehead atoms. The van der Waals surface area contributed by atoms with Crippen LogP contribution in [0.3, 0.4) is 0 Å². The summed E-state index contributed by atoms with van der Waals surface area (Å²) in [5, 5.41) is 5.76. The second kappa shape index (κ2) is 8.47. The summed E-state index contributed by atoms with van der Waals surface area (Å²) in [7, 11) is 0. The van der Waals surface area contributed by atoms with Gasteiger partial charge in [0, 0.05) is 28.4 Å². The van der Waals surface area contributed by atoms with Crippen LogP contribution < -0.4 is 5.32 Å². The number of benzene rings is 4. The number of hydrogen-bond acceptors (Lipinski definition) is 3. The lowest BCUT2D eigenvalue weighted by Gasteiger charge is -2.17. The molecule has 1 aliphatic heterocycles. The highest BCUT2D eigenvalue weighted by Crippen LogP contribution is 2.34. The predicted molar refractivity (Wildman–Crippen MR) is 151 cm³/mol. The molecule has 0 aliphatic carbocycles. The monoisotopic (exact) mass is 461 g/mol. The minimum atomic E-state index is 0.835. The second-order valence-corrected chi connectivity index (χ2v) is 9.13. The first-order valence-corrected chi connectivity index (χ1v) is 12.2. The Bertz CT molecular complexity index is 1780. The van der Waals surface area contributed by atoms with Crippen molar-refractivity contribution in [2.24, 2.45) is 0 Å². The van der Waals surface area contributed by atoms with E-state index in [9.17, 15) is 0 Å². The van der Waals surface area contributed by atoms with Crippen molar-refractivity contribution in [3.63, 3.8) is 0 Å². The number of hydrogen-bond donors (Lipinski definition) is 1. The van der Waals surface area contributed by atoms with Gasteiger partial charge in [0.25, 0.3) is 0 Å². The number of aromatic nitrogens is 2. The van der Waals surface area contributed by atoms with Gasteiger partial charge in [-0.3, -0.25) is 0 Å². The smallest absolute Gasteiger partial charge is 0.0730 e. The number of pyridine rings is 2. The summed E-state index contributed by atoms with van der Waals surface area (Å²) in [4.78, 5) is 10.1. The van der Waals surface area contributed by atoms with Crippen LogP contribution in [0.2, 0.25) is 0 Å². The number of nitrogens with zero attached hydrogens (tertiary/aromatic N) is 2. The quantitative estimate of drug-likeness (QED) is 0.288. The summed E-state index contributed by atoms with van der Waals surface area (Å²) < 4.78 is 0. The average molecular weight is 462 g/mol. The molecular weight excluding hydrogens is 438 g/mol. The number of nitrogens with one attached hydrogen (secondary N) is 1. The molecule has 1 N–H and O–H groups in total. The van der Waals surface area contributed by atoms with E-state index in [1.165, 1.54) is 16.7 Å². The van der Waals surface area contributed by atoms with Crippen molar-refractivity contribution in [1.82, 2.24) is 9.97 Å². The lowest BCUT2D eigenvalue weighted by molar-refractivity contribution is 1.30. The number of anilines is 1. The predicted octanol–water partition coefficient (Wildman–Crippen LogP) is 8.22. The third-order valence-electron chi connectivity index (χ3n) is 6.85. The third kappa shape index (κ3) is 3.62. The van der Waals surface area contributed by atoms with E-state index in [0.29, 0.717) is 0 Å². The Hall–Kier alpha value is -4.76. The largest absolute Gasteiger partial charge is 0.381 e. The van der Waals surface area contributed by atoms with Crippen molar-refractivity contribution in [3.05, 3.63) is 121 Å². The molecule has 3 nitrogen and oxygen atoms in total. The second-order valence-electron chi connectivity index (χ2n) is 9.13. The summed E-state index contributed by atoms with van der Waals surface area (Å²) in [6.45, 7) is 0.835. The Labute approximate surface area is 209 Å². The molecule has 170 valence electrons. The van der Waals surface area contributed by atoms with Crippen molar-refractivity contribution in [1.29, 1.82) is 0 Å². The fourth-order valence-electron chi connectivity index (χ4n) is 4.98. The number of para-hydroxylation sites is 1. The zero-order chi connectivity index (χ0) is 23.9. The summed E-state index contributed by atoms with van der Waals surface area (Å²) in [6, 6.07) is 38.2. The summed E-state index contributed by atoms with van der Waals surface area (Å²) >= 11 is 0. The SMILES string of the molecule is C1=Cc2cccc(-c3ccc4ccc(-c5ccc6ccc(-c7ccccc7)cc6n5)cc4n3)c2NC1. The molecule has 7 rings (SSSR count). The van der Waals surface area contributed by atoms with Crippen LogP contribution in [0.4, 0.5) is 5.69 Å². The van der Waals surface area contributed by atoms with Crippen LogP contribution in [-0.4, -0.2) is 16.5 Å². The molecule has 3 heterocycles. The van der Waals surface area contributed by atoms with Gasteiger partial charge < -0.3 is 5.32 Å². The van der Waals surface area contributed by atoms with E-state index in [-0.39, 0.29) is 0 Å². The molecule has 1 aliphatic rings. The maximum atomic E-state index is 5.06. The van der Waals surface area contributed by atoms with Gasteiger partial charge in [-0.15, -0.1) is 0 Å². The first kappa shape index (κ1) is 20.6. The molecule has 6 aromatic rings. The molecule has 0 saturated carbocycles. The normalized spacial score (nSPS) is 12.4. The van der Waals surface area contributed by atoms with Crippen LogP contribution in [0.5, 0.6) is 0 Å². The molecule has 3 heteroatoms. The fourth-order valence-corrected chi connectivity index (χ4v) is 4.98. The molecule has 0 atom stereocenters. The van der Waals surface area contributed by atoms with Gasteiger partial charge in [0.1, 0.15) is 0 Å².